The largest absolute Gasteiger partial charge is 0.388 e. The predicted molar refractivity (Wildman–Crippen MR) is 74.7 cm³/mol. The highest BCUT2D eigenvalue weighted by Crippen LogP contribution is 2.18. The summed E-state index contributed by atoms with van der Waals surface area (Å²) in [5.41, 5.74) is 0.928. The van der Waals surface area contributed by atoms with E-state index in [0.29, 0.717) is 12.8 Å². The van der Waals surface area contributed by atoms with Gasteiger partial charge in [-0.1, -0.05) is 30.3 Å². The van der Waals surface area contributed by atoms with Gasteiger partial charge in [0, 0.05) is 32.6 Å². The van der Waals surface area contributed by atoms with Crippen LogP contribution in [0.1, 0.15) is 30.9 Å². The SMILES string of the molecule is O=C(CCCC(O)c1ccccc1)N1CCNCC1. The van der Waals surface area contributed by atoms with Crippen LogP contribution in [0, 0.1) is 0 Å². The second kappa shape index (κ2) is 7.26. The van der Waals surface area contributed by atoms with E-state index in [1.54, 1.807) is 0 Å². The number of aliphatic hydroxyl groups excluding tert-OH is 1. The van der Waals surface area contributed by atoms with Crippen molar-refractivity contribution in [3.8, 4) is 0 Å². The molecular weight excluding hydrogens is 240 g/mol. The highest BCUT2D eigenvalue weighted by atomic mass is 16.3. The van der Waals surface area contributed by atoms with Crippen LogP contribution < -0.4 is 5.32 Å². The van der Waals surface area contributed by atoms with Gasteiger partial charge in [0.05, 0.1) is 6.10 Å². The van der Waals surface area contributed by atoms with Crippen LogP contribution in [0.5, 0.6) is 0 Å². The maximum absolute atomic E-state index is 11.9. The zero-order chi connectivity index (χ0) is 13.5. The molecule has 1 aromatic carbocycles. The van der Waals surface area contributed by atoms with Gasteiger partial charge in [-0.05, 0) is 18.4 Å². The van der Waals surface area contributed by atoms with Crippen LogP contribution in [-0.2, 0) is 4.79 Å². The van der Waals surface area contributed by atoms with E-state index in [9.17, 15) is 9.90 Å². The average Bonchev–Trinajstić information content (AvgIpc) is 2.49. The topological polar surface area (TPSA) is 52.6 Å². The summed E-state index contributed by atoms with van der Waals surface area (Å²) >= 11 is 0. The van der Waals surface area contributed by atoms with Gasteiger partial charge in [0.25, 0.3) is 0 Å². The number of piperazine rings is 1. The minimum absolute atomic E-state index is 0.210. The third-order valence-electron chi connectivity index (χ3n) is 3.52. The fraction of sp³-hybridized carbons (Fsp3) is 0.533. The standard InChI is InChI=1S/C15H22N2O2/c18-14(13-5-2-1-3-6-13)7-4-8-15(19)17-11-9-16-10-12-17/h1-3,5-6,14,16,18H,4,7-12H2. The van der Waals surface area contributed by atoms with Crippen LogP contribution in [0.2, 0.25) is 0 Å². The summed E-state index contributed by atoms with van der Waals surface area (Å²) in [5.74, 6) is 0.210. The third-order valence-corrected chi connectivity index (χ3v) is 3.52. The lowest BCUT2D eigenvalue weighted by molar-refractivity contribution is -0.131. The van der Waals surface area contributed by atoms with E-state index in [4.69, 9.17) is 0 Å². The molecule has 2 N–H and O–H groups in total. The van der Waals surface area contributed by atoms with E-state index in [-0.39, 0.29) is 5.91 Å². The van der Waals surface area contributed by atoms with E-state index in [2.05, 4.69) is 5.32 Å². The van der Waals surface area contributed by atoms with Gasteiger partial charge in [0.15, 0.2) is 0 Å². The number of aliphatic hydroxyl groups is 1. The van der Waals surface area contributed by atoms with Gasteiger partial charge in [0.1, 0.15) is 0 Å². The second-order valence-corrected chi connectivity index (χ2v) is 4.95. The molecule has 4 heteroatoms. The fourth-order valence-corrected chi connectivity index (χ4v) is 2.36. The molecule has 1 unspecified atom stereocenters. The molecule has 1 fully saturated rings. The third kappa shape index (κ3) is 4.33. The molecule has 1 heterocycles. The monoisotopic (exact) mass is 262 g/mol. The predicted octanol–water partition coefficient (Wildman–Crippen LogP) is 1.32. The van der Waals surface area contributed by atoms with Gasteiger partial charge in [-0.2, -0.15) is 0 Å². The maximum atomic E-state index is 11.9. The van der Waals surface area contributed by atoms with Crippen molar-refractivity contribution in [2.45, 2.75) is 25.4 Å². The van der Waals surface area contributed by atoms with E-state index in [1.807, 2.05) is 35.2 Å². The van der Waals surface area contributed by atoms with Crippen LogP contribution in [-0.4, -0.2) is 42.1 Å². The zero-order valence-corrected chi connectivity index (χ0v) is 11.2. The molecule has 4 nitrogen and oxygen atoms in total. The molecule has 0 spiro atoms. The van der Waals surface area contributed by atoms with Gasteiger partial charge in [0.2, 0.25) is 5.91 Å². The molecule has 104 valence electrons. The number of nitrogens with one attached hydrogen (secondary N) is 1. The fourth-order valence-electron chi connectivity index (χ4n) is 2.36. The molecule has 0 aliphatic carbocycles. The lowest BCUT2D eigenvalue weighted by Gasteiger charge is -2.27. The Morgan fingerprint density at radius 1 is 1.26 bits per heavy atom. The van der Waals surface area contributed by atoms with Crippen molar-refractivity contribution in [1.29, 1.82) is 0 Å². The molecule has 0 radical (unpaired) electrons. The van der Waals surface area contributed by atoms with Gasteiger partial charge >= 0.3 is 0 Å². The van der Waals surface area contributed by atoms with Gasteiger partial charge in [-0.15, -0.1) is 0 Å². The van der Waals surface area contributed by atoms with Crippen molar-refractivity contribution in [2.24, 2.45) is 0 Å². The first-order valence-electron chi connectivity index (χ1n) is 6.99. The number of nitrogens with zero attached hydrogens (tertiary/aromatic N) is 1. The summed E-state index contributed by atoms with van der Waals surface area (Å²) in [4.78, 5) is 13.8. The van der Waals surface area contributed by atoms with Crippen molar-refractivity contribution < 1.29 is 9.90 Å². The number of hydrogen-bond acceptors (Lipinski definition) is 3. The van der Waals surface area contributed by atoms with Crippen LogP contribution in [0.15, 0.2) is 30.3 Å². The lowest BCUT2D eigenvalue weighted by atomic mass is 10.0. The number of carbonyl (C=O) groups excluding carboxylic acids is 1. The van der Waals surface area contributed by atoms with E-state index >= 15 is 0 Å². The summed E-state index contributed by atoms with van der Waals surface area (Å²) in [5, 5.41) is 13.2. The number of benzene rings is 1. The molecule has 1 atom stereocenters. The molecule has 1 amide bonds. The molecular formula is C15H22N2O2. The Balaban J connectivity index is 1.69. The van der Waals surface area contributed by atoms with Gasteiger partial charge in [-0.25, -0.2) is 0 Å². The van der Waals surface area contributed by atoms with E-state index < -0.39 is 6.10 Å². The second-order valence-electron chi connectivity index (χ2n) is 4.95. The Bertz CT molecular complexity index is 388. The summed E-state index contributed by atoms with van der Waals surface area (Å²) in [6.45, 7) is 3.39. The van der Waals surface area contributed by atoms with Crippen molar-refractivity contribution >= 4 is 5.91 Å². The first kappa shape index (κ1) is 14.0. The number of rotatable bonds is 5. The van der Waals surface area contributed by atoms with Crippen molar-refractivity contribution in [3.05, 3.63) is 35.9 Å². The van der Waals surface area contributed by atoms with E-state index in [0.717, 1.165) is 38.2 Å². The Morgan fingerprint density at radius 3 is 2.63 bits per heavy atom. The van der Waals surface area contributed by atoms with Crippen LogP contribution in [0.3, 0.4) is 0 Å². The van der Waals surface area contributed by atoms with Gasteiger partial charge in [-0.3, -0.25) is 4.79 Å². The molecule has 0 bridgehead atoms. The highest BCUT2D eigenvalue weighted by molar-refractivity contribution is 5.76. The first-order valence-corrected chi connectivity index (χ1v) is 6.99. The summed E-state index contributed by atoms with van der Waals surface area (Å²) in [7, 11) is 0. The quantitative estimate of drug-likeness (QED) is 0.841. The molecule has 1 saturated heterocycles. The number of carbonyl (C=O) groups is 1. The lowest BCUT2D eigenvalue weighted by Crippen LogP contribution is -2.46. The minimum Gasteiger partial charge on any atom is -0.388 e. The molecule has 2 rings (SSSR count). The molecule has 0 aromatic heterocycles. The zero-order valence-electron chi connectivity index (χ0n) is 11.2. The van der Waals surface area contributed by atoms with Crippen molar-refractivity contribution in [1.82, 2.24) is 10.2 Å². The molecule has 1 aliphatic heterocycles. The Kier molecular flexibility index (Phi) is 5.36. The van der Waals surface area contributed by atoms with Gasteiger partial charge < -0.3 is 15.3 Å². The Labute approximate surface area is 114 Å². The van der Waals surface area contributed by atoms with Crippen LogP contribution in [0.25, 0.3) is 0 Å². The molecule has 1 aliphatic rings. The molecule has 19 heavy (non-hydrogen) atoms. The van der Waals surface area contributed by atoms with Crippen molar-refractivity contribution in [3.63, 3.8) is 0 Å². The van der Waals surface area contributed by atoms with Crippen LogP contribution in [0.4, 0.5) is 0 Å². The summed E-state index contributed by atoms with van der Waals surface area (Å²) < 4.78 is 0. The highest BCUT2D eigenvalue weighted by Gasteiger charge is 2.16. The molecule has 1 aromatic rings. The minimum atomic E-state index is -0.461. The number of hydrogen-bond donors (Lipinski definition) is 2. The Hall–Kier alpha value is -1.39. The molecule has 0 saturated carbocycles. The first-order chi connectivity index (χ1) is 9.27. The van der Waals surface area contributed by atoms with E-state index in [1.165, 1.54) is 0 Å². The maximum Gasteiger partial charge on any atom is 0.222 e. The van der Waals surface area contributed by atoms with Crippen LogP contribution >= 0.6 is 0 Å². The smallest absolute Gasteiger partial charge is 0.222 e. The summed E-state index contributed by atoms with van der Waals surface area (Å²) in [6, 6.07) is 9.62. The summed E-state index contributed by atoms with van der Waals surface area (Å²) in [6.07, 6.45) is 1.45. The normalized spacial score (nSPS) is 17.2. The number of amides is 1. The Morgan fingerprint density at radius 2 is 1.95 bits per heavy atom. The average molecular weight is 262 g/mol. The van der Waals surface area contributed by atoms with Crippen molar-refractivity contribution in [2.75, 3.05) is 26.2 Å².